The number of rotatable bonds is 7. The lowest BCUT2D eigenvalue weighted by Gasteiger charge is -2.12. The maximum Gasteiger partial charge on any atom is 0.433 e. The summed E-state index contributed by atoms with van der Waals surface area (Å²) in [6.07, 6.45) is -0.985. The lowest BCUT2D eigenvalue weighted by atomic mass is 10.2. The fraction of sp³-hybridized carbons (Fsp3) is 0.375. The third kappa shape index (κ3) is 7.26. The van der Waals surface area contributed by atoms with Crippen LogP contribution in [0.3, 0.4) is 0 Å². The van der Waals surface area contributed by atoms with E-state index in [2.05, 4.69) is 35.9 Å². The van der Waals surface area contributed by atoms with Crippen molar-refractivity contribution in [1.29, 1.82) is 0 Å². The van der Waals surface area contributed by atoms with Crippen LogP contribution in [0.4, 0.5) is 19.1 Å². The zero-order valence-corrected chi connectivity index (χ0v) is 15.3. The first-order valence-corrected chi connectivity index (χ1v) is 8.45. The predicted octanol–water partition coefficient (Wildman–Crippen LogP) is 2.36. The first-order chi connectivity index (χ1) is 12.9. The van der Waals surface area contributed by atoms with E-state index < -0.39 is 11.9 Å². The molecular weight excluding hydrogens is 383 g/mol. The van der Waals surface area contributed by atoms with Gasteiger partial charge in [0.2, 0.25) is 5.95 Å². The number of guanidine groups is 1. The molecule has 0 amide bonds. The fourth-order valence-corrected chi connectivity index (χ4v) is 2.17. The molecule has 0 aliphatic heterocycles. The molecule has 2 heterocycles. The van der Waals surface area contributed by atoms with Gasteiger partial charge >= 0.3 is 6.18 Å². The SMILES string of the molecule is CN=C(NCCNc1nccc(C(F)(F)F)n1)NCCc1ccc(Cl)nc1. The lowest BCUT2D eigenvalue weighted by molar-refractivity contribution is -0.141. The van der Waals surface area contributed by atoms with Crippen LogP contribution in [0.15, 0.2) is 35.6 Å². The van der Waals surface area contributed by atoms with E-state index in [1.807, 2.05) is 6.07 Å². The minimum atomic E-state index is -4.50. The van der Waals surface area contributed by atoms with E-state index in [4.69, 9.17) is 11.6 Å². The van der Waals surface area contributed by atoms with Gasteiger partial charge in [-0.3, -0.25) is 4.99 Å². The van der Waals surface area contributed by atoms with E-state index in [0.717, 1.165) is 24.2 Å². The van der Waals surface area contributed by atoms with Crippen molar-refractivity contribution in [3.8, 4) is 0 Å². The van der Waals surface area contributed by atoms with Crippen LogP contribution in [-0.4, -0.2) is 47.6 Å². The number of nitrogens with one attached hydrogen (secondary N) is 3. The molecular formula is C16H19ClF3N7. The Kier molecular flexibility index (Phi) is 7.59. The van der Waals surface area contributed by atoms with Gasteiger partial charge in [-0.1, -0.05) is 17.7 Å². The molecule has 2 aromatic heterocycles. The van der Waals surface area contributed by atoms with E-state index in [9.17, 15) is 13.2 Å². The monoisotopic (exact) mass is 401 g/mol. The highest BCUT2D eigenvalue weighted by molar-refractivity contribution is 6.29. The van der Waals surface area contributed by atoms with Crippen molar-refractivity contribution in [3.63, 3.8) is 0 Å². The Hall–Kier alpha value is -2.62. The van der Waals surface area contributed by atoms with Gasteiger partial charge in [-0.05, 0) is 24.1 Å². The van der Waals surface area contributed by atoms with Gasteiger partial charge in [-0.25, -0.2) is 15.0 Å². The molecule has 0 saturated heterocycles. The average molecular weight is 402 g/mol. The smallest absolute Gasteiger partial charge is 0.356 e. The summed E-state index contributed by atoms with van der Waals surface area (Å²) in [5, 5.41) is 9.35. The molecule has 3 N–H and O–H groups in total. The summed E-state index contributed by atoms with van der Waals surface area (Å²) >= 11 is 5.74. The third-order valence-corrected chi connectivity index (χ3v) is 3.59. The minimum Gasteiger partial charge on any atom is -0.356 e. The van der Waals surface area contributed by atoms with E-state index in [1.165, 1.54) is 0 Å². The van der Waals surface area contributed by atoms with Crippen molar-refractivity contribution in [1.82, 2.24) is 25.6 Å². The Bertz CT molecular complexity index is 750. The van der Waals surface area contributed by atoms with E-state index in [0.29, 0.717) is 30.7 Å². The van der Waals surface area contributed by atoms with E-state index in [1.54, 1.807) is 19.3 Å². The second-order valence-corrected chi connectivity index (χ2v) is 5.74. The number of nitrogens with zero attached hydrogens (tertiary/aromatic N) is 4. The molecule has 0 atom stereocenters. The summed E-state index contributed by atoms with van der Waals surface area (Å²) in [5.41, 5.74) is 0.0489. The predicted molar refractivity (Wildman–Crippen MR) is 97.8 cm³/mol. The van der Waals surface area contributed by atoms with Crippen LogP contribution in [0.2, 0.25) is 5.15 Å². The highest BCUT2D eigenvalue weighted by atomic mass is 35.5. The van der Waals surface area contributed by atoms with Crippen LogP contribution >= 0.6 is 11.6 Å². The number of hydrogen-bond donors (Lipinski definition) is 3. The van der Waals surface area contributed by atoms with E-state index in [-0.39, 0.29) is 5.95 Å². The third-order valence-electron chi connectivity index (χ3n) is 3.36. The van der Waals surface area contributed by atoms with Gasteiger partial charge in [0.1, 0.15) is 10.8 Å². The molecule has 0 saturated carbocycles. The van der Waals surface area contributed by atoms with Crippen LogP contribution < -0.4 is 16.0 Å². The van der Waals surface area contributed by atoms with Gasteiger partial charge in [-0.15, -0.1) is 0 Å². The Balaban J connectivity index is 1.69. The summed E-state index contributed by atoms with van der Waals surface area (Å²) in [6.45, 7) is 1.37. The number of hydrogen-bond acceptors (Lipinski definition) is 5. The molecule has 2 rings (SSSR count). The Labute approximate surface area is 159 Å². The molecule has 0 spiro atoms. The van der Waals surface area contributed by atoms with E-state index >= 15 is 0 Å². The summed E-state index contributed by atoms with van der Waals surface area (Å²) in [6, 6.07) is 4.45. The van der Waals surface area contributed by atoms with Crippen molar-refractivity contribution in [2.24, 2.45) is 4.99 Å². The number of anilines is 1. The van der Waals surface area contributed by atoms with Gasteiger partial charge in [-0.2, -0.15) is 13.2 Å². The summed E-state index contributed by atoms with van der Waals surface area (Å²) in [7, 11) is 1.63. The molecule has 27 heavy (non-hydrogen) atoms. The van der Waals surface area contributed by atoms with Crippen molar-refractivity contribution in [2.45, 2.75) is 12.6 Å². The number of aliphatic imine (C=N–C) groups is 1. The maximum absolute atomic E-state index is 12.6. The van der Waals surface area contributed by atoms with Crippen LogP contribution in [0.1, 0.15) is 11.3 Å². The van der Waals surface area contributed by atoms with Crippen molar-refractivity contribution < 1.29 is 13.2 Å². The van der Waals surface area contributed by atoms with Crippen molar-refractivity contribution in [2.75, 3.05) is 32.0 Å². The average Bonchev–Trinajstić information content (AvgIpc) is 2.65. The molecule has 0 aliphatic rings. The van der Waals surface area contributed by atoms with Gasteiger partial charge in [0.25, 0.3) is 0 Å². The minimum absolute atomic E-state index is 0.0789. The van der Waals surface area contributed by atoms with Crippen molar-refractivity contribution in [3.05, 3.63) is 47.0 Å². The summed E-state index contributed by atoms with van der Waals surface area (Å²) < 4.78 is 37.8. The topological polar surface area (TPSA) is 87.1 Å². The van der Waals surface area contributed by atoms with Gasteiger partial charge < -0.3 is 16.0 Å². The number of aromatic nitrogens is 3. The molecule has 0 aliphatic carbocycles. The zero-order valence-electron chi connectivity index (χ0n) is 14.5. The molecule has 7 nitrogen and oxygen atoms in total. The zero-order chi connectivity index (χ0) is 19.7. The molecule has 0 bridgehead atoms. The largest absolute Gasteiger partial charge is 0.433 e. The second-order valence-electron chi connectivity index (χ2n) is 5.35. The molecule has 146 valence electrons. The lowest BCUT2D eigenvalue weighted by Crippen LogP contribution is -2.40. The highest BCUT2D eigenvalue weighted by Crippen LogP contribution is 2.27. The second kappa shape index (κ2) is 9.91. The molecule has 0 unspecified atom stereocenters. The van der Waals surface area contributed by atoms with Crippen molar-refractivity contribution >= 4 is 23.5 Å². The maximum atomic E-state index is 12.6. The number of alkyl halides is 3. The normalized spacial score (nSPS) is 12.0. The van der Waals surface area contributed by atoms with Gasteiger partial charge in [0.15, 0.2) is 5.96 Å². The standard InChI is InChI=1S/C16H19ClF3N7/c1-21-14(22-6-4-11-2-3-13(17)26-10-11)24-8-9-25-15-23-7-5-12(27-15)16(18,19)20/h2-3,5,7,10H,4,6,8-9H2,1H3,(H2,21,22,24)(H,23,25,27). The Morgan fingerprint density at radius 3 is 2.56 bits per heavy atom. The summed E-state index contributed by atoms with van der Waals surface area (Å²) in [5.74, 6) is 0.494. The van der Waals surface area contributed by atoms with Crippen LogP contribution in [-0.2, 0) is 12.6 Å². The Morgan fingerprint density at radius 1 is 1.11 bits per heavy atom. The first-order valence-electron chi connectivity index (χ1n) is 8.07. The molecule has 0 fully saturated rings. The summed E-state index contributed by atoms with van der Waals surface area (Å²) in [4.78, 5) is 15.3. The van der Waals surface area contributed by atoms with Crippen LogP contribution in [0, 0.1) is 0 Å². The quantitative estimate of drug-likeness (QED) is 0.286. The Morgan fingerprint density at radius 2 is 1.89 bits per heavy atom. The van der Waals surface area contributed by atoms with Gasteiger partial charge in [0, 0.05) is 39.1 Å². The highest BCUT2D eigenvalue weighted by Gasteiger charge is 2.32. The molecule has 0 radical (unpaired) electrons. The number of pyridine rings is 1. The number of halogens is 4. The first kappa shape index (κ1) is 20.7. The van der Waals surface area contributed by atoms with Gasteiger partial charge in [0.05, 0.1) is 0 Å². The molecule has 0 aromatic carbocycles. The van der Waals surface area contributed by atoms with Crippen LogP contribution in [0.5, 0.6) is 0 Å². The fourth-order valence-electron chi connectivity index (χ4n) is 2.06. The molecule has 2 aromatic rings. The molecule has 11 heteroatoms. The van der Waals surface area contributed by atoms with Crippen LogP contribution in [0.25, 0.3) is 0 Å².